The molecular weight excluding hydrogens is 442 g/mol. The topological polar surface area (TPSA) is 93.9 Å². The number of piperidine rings is 1. The first kappa shape index (κ1) is 21.9. The Kier molecular flexibility index (Phi) is 5.80. The fourth-order valence-electron chi connectivity index (χ4n) is 4.66. The van der Waals surface area contributed by atoms with Crippen molar-refractivity contribution in [2.24, 2.45) is 0 Å². The summed E-state index contributed by atoms with van der Waals surface area (Å²) >= 11 is 0. The monoisotopic (exact) mass is 467 g/mol. The predicted molar refractivity (Wildman–Crippen MR) is 123 cm³/mol. The molecule has 3 aromatic rings. The summed E-state index contributed by atoms with van der Waals surface area (Å²) in [6, 6.07) is 11.1. The van der Waals surface area contributed by atoms with E-state index in [1.807, 2.05) is 12.1 Å². The van der Waals surface area contributed by atoms with Gasteiger partial charge in [-0.05, 0) is 79.6 Å². The molecule has 1 aliphatic carbocycles. The number of nitrogens with zero attached hydrogens (tertiary/aromatic N) is 1. The Balaban J connectivity index is 1.32. The molecule has 7 nitrogen and oxygen atoms in total. The molecule has 0 atom stereocenters. The third kappa shape index (κ3) is 4.32. The number of ether oxygens (including phenoxy) is 1. The van der Waals surface area contributed by atoms with Gasteiger partial charge in [-0.3, -0.25) is 0 Å². The van der Waals surface area contributed by atoms with Gasteiger partial charge in [-0.2, -0.15) is 4.31 Å². The molecule has 0 N–H and O–H groups in total. The first-order valence-corrected chi connectivity index (χ1v) is 12.7. The number of carbonyl (C=O) groups excluding carboxylic acids is 1. The average molecular weight is 468 g/mol. The molecule has 5 rings (SSSR count). The zero-order chi connectivity index (χ0) is 23.0. The lowest BCUT2D eigenvalue weighted by atomic mass is 10.0. The number of benzene rings is 2. The maximum Gasteiger partial charge on any atom is 0.338 e. The first-order valence-electron chi connectivity index (χ1n) is 11.3. The van der Waals surface area contributed by atoms with Gasteiger partial charge in [0.25, 0.3) is 0 Å². The van der Waals surface area contributed by atoms with Crippen LogP contribution in [0.15, 0.2) is 56.6 Å². The lowest BCUT2D eigenvalue weighted by Gasteiger charge is -2.25. The number of esters is 1. The summed E-state index contributed by atoms with van der Waals surface area (Å²) in [7, 11) is -3.56. The third-order valence-corrected chi connectivity index (χ3v) is 8.36. The summed E-state index contributed by atoms with van der Waals surface area (Å²) in [4.78, 5) is 24.8. The second kappa shape index (κ2) is 8.76. The standard InChI is InChI=1S/C25H25NO6S/c27-24-15-20(22-13-18-5-4-6-19(18)14-23(22)32-24)16-31-25(28)17-7-9-21(10-8-17)33(29,30)26-11-2-1-3-12-26/h7-10,13-15H,1-6,11-12,16H2. The van der Waals surface area contributed by atoms with E-state index in [0.717, 1.165) is 43.9 Å². The van der Waals surface area contributed by atoms with Crippen molar-refractivity contribution in [1.29, 1.82) is 0 Å². The summed E-state index contributed by atoms with van der Waals surface area (Å²) < 4.78 is 37.9. The molecule has 1 aromatic heterocycles. The molecule has 0 unspecified atom stereocenters. The molecule has 0 bridgehead atoms. The Hall–Kier alpha value is -2.97. The van der Waals surface area contributed by atoms with Crippen LogP contribution in [-0.2, 0) is 34.2 Å². The van der Waals surface area contributed by atoms with Gasteiger partial charge in [-0.25, -0.2) is 18.0 Å². The van der Waals surface area contributed by atoms with Crippen molar-refractivity contribution >= 4 is 27.0 Å². The maximum atomic E-state index is 12.8. The Bertz CT molecular complexity index is 1370. The lowest BCUT2D eigenvalue weighted by Crippen LogP contribution is -2.35. The van der Waals surface area contributed by atoms with Crippen LogP contribution < -0.4 is 5.63 Å². The predicted octanol–water partition coefficient (Wildman–Crippen LogP) is 3.81. The van der Waals surface area contributed by atoms with Gasteiger partial charge >= 0.3 is 11.6 Å². The molecule has 2 heterocycles. The van der Waals surface area contributed by atoms with E-state index in [9.17, 15) is 18.0 Å². The van der Waals surface area contributed by atoms with Crippen LogP contribution in [0.5, 0.6) is 0 Å². The van der Waals surface area contributed by atoms with Crippen LogP contribution in [0.1, 0.15) is 52.7 Å². The second-order valence-electron chi connectivity index (χ2n) is 8.63. The molecular formula is C25H25NO6S. The fourth-order valence-corrected chi connectivity index (χ4v) is 6.18. The van der Waals surface area contributed by atoms with Crippen molar-refractivity contribution in [2.45, 2.75) is 50.0 Å². The highest BCUT2D eigenvalue weighted by Gasteiger charge is 2.26. The van der Waals surface area contributed by atoms with Crippen LogP contribution in [0.4, 0.5) is 0 Å². The summed E-state index contributed by atoms with van der Waals surface area (Å²) in [5, 5.41) is 0.769. The van der Waals surface area contributed by atoms with Crippen molar-refractivity contribution in [3.63, 3.8) is 0 Å². The van der Waals surface area contributed by atoms with Gasteiger partial charge in [-0.1, -0.05) is 6.42 Å². The van der Waals surface area contributed by atoms with E-state index in [4.69, 9.17) is 9.15 Å². The van der Waals surface area contributed by atoms with Gasteiger partial charge in [-0.15, -0.1) is 0 Å². The van der Waals surface area contributed by atoms with Crippen molar-refractivity contribution in [1.82, 2.24) is 4.31 Å². The summed E-state index contributed by atoms with van der Waals surface area (Å²) in [6.07, 6.45) is 5.79. The number of fused-ring (bicyclic) bond motifs is 2. The Morgan fingerprint density at radius 3 is 2.36 bits per heavy atom. The van der Waals surface area contributed by atoms with Crippen LogP contribution in [0.2, 0.25) is 0 Å². The lowest BCUT2D eigenvalue weighted by molar-refractivity contribution is 0.0473. The number of rotatable bonds is 5. The van der Waals surface area contributed by atoms with Crippen molar-refractivity contribution < 1.29 is 22.4 Å². The molecule has 0 saturated carbocycles. The molecule has 8 heteroatoms. The first-order chi connectivity index (χ1) is 15.9. The molecule has 0 radical (unpaired) electrons. The third-order valence-electron chi connectivity index (χ3n) is 6.44. The number of hydrogen-bond donors (Lipinski definition) is 0. The smallest absolute Gasteiger partial charge is 0.338 e. The van der Waals surface area contributed by atoms with Crippen LogP contribution in [0.25, 0.3) is 11.0 Å². The highest BCUT2D eigenvalue weighted by atomic mass is 32.2. The summed E-state index contributed by atoms with van der Waals surface area (Å²) in [5.41, 5.74) is 3.28. The quantitative estimate of drug-likeness (QED) is 0.418. The van der Waals surface area contributed by atoms with Crippen molar-refractivity contribution in [2.75, 3.05) is 13.1 Å². The second-order valence-corrected chi connectivity index (χ2v) is 10.6. The molecule has 172 valence electrons. The van der Waals surface area contributed by atoms with E-state index in [0.29, 0.717) is 24.2 Å². The van der Waals surface area contributed by atoms with Gasteiger partial charge in [0.1, 0.15) is 12.2 Å². The van der Waals surface area contributed by atoms with E-state index in [1.54, 1.807) is 0 Å². The number of sulfonamides is 1. The van der Waals surface area contributed by atoms with E-state index in [-0.39, 0.29) is 17.1 Å². The molecule has 33 heavy (non-hydrogen) atoms. The van der Waals surface area contributed by atoms with Gasteiger partial charge in [0, 0.05) is 30.1 Å². The minimum Gasteiger partial charge on any atom is -0.457 e. The summed E-state index contributed by atoms with van der Waals surface area (Å²) in [6.45, 7) is 0.969. The molecule has 0 amide bonds. The fraction of sp³-hybridized carbons (Fsp3) is 0.360. The Morgan fingerprint density at radius 1 is 0.939 bits per heavy atom. The van der Waals surface area contributed by atoms with Crippen molar-refractivity contribution in [3.05, 3.63) is 75.1 Å². The SMILES string of the molecule is O=C(OCc1cc(=O)oc2cc3c(cc12)CCC3)c1ccc(S(=O)(=O)N2CCCCC2)cc1. The summed E-state index contributed by atoms with van der Waals surface area (Å²) in [5.74, 6) is -0.584. The minimum atomic E-state index is -3.56. The molecule has 2 aliphatic rings. The number of aryl methyl sites for hydroxylation is 2. The molecule has 1 fully saturated rings. The van der Waals surface area contributed by atoms with Gasteiger partial charge in [0.15, 0.2) is 0 Å². The largest absolute Gasteiger partial charge is 0.457 e. The van der Waals surface area contributed by atoms with Crippen LogP contribution >= 0.6 is 0 Å². The van der Waals surface area contributed by atoms with Gasteiger partial charge < -0.3 is 9.15 Å². The van der Waals surface area contributed by atoms with Crippen LogP contribution in [0.3, 0.4) is 0 Å². The van der Waals surface area contributed by atoms with Gasteiger partial charge in [0.2, 0.25) is 10.0 Å². The van der Waals surface area contributed by atoms with Gasteiger partial charge in [0.05, 0.1) is 10.5 Å². The van der Waals surface area contributed by atoms with Crippen molar-refractivity contribution in [3.8, 4) is 0 Å². The Morgan fingerprint density at radius 2 is 1.64 bits per heavy atom. The highest BCUT2D eigenvalue weighted by Crippen LogP contribution is 2.29. The average Bonchev–Trinajstić information content (AvgIpc) is 3.29. The van der Waals surface area contributed by atoms with E-state index < -0.39 is 21.6 Å². The number of hydrogen-bond acceptors (Lipinski definition) is 6. The van der Waals surface area contributed by atoms with E-state index >= 15 is 0 Å². The normalized spacial score (nSPS) is 16.6. The minimum absolute atomic E-state index is 0.0758. The molecule has 1 saturated heterocycles. The van der Waals surface area contributed by atoms with Crippen LogP contribution in [-0.4, -0.2) is 31.8 Å². The zero-order valence-corrected chi connectivity index (χ0v) is 19.0. The highest BCUT2D eigenvalue weighted by molar-refractivity contribution is 7.89. The van der Waals surface area contributed by atoms with E-state index in [2.05, 4.69) is 0 Å². The zero-order valence-electron chi connectivity index (χ0n) is 18.2. The molecule has 1 aliphatic heterocycles. The Labute approximate surface area is 192 Å². The number of carbonyl (C=O) groups is 1. The van der Waals surface area contributed by atoms with Crippen LogP contribution in [0, 0.1) is 0 Å². The van der Waals surface area contributed by atoms with E-state index in [1.165, 1.54) is 45.8 Å². The molecule has 0 spiro atoms. The molecule has 2 aromatic carbocycles. The maximum absolute atomic E-state index is 12.8.